The zero-order chi connectivity index (χ0) is 14.1. The molecular formula is C13H29N5O. The molecule has 1 rings (SSSR count). The van der Waals surface area contributed by atoms with Crippen LogP contribution >= 0.6 is 0 Å². The van der Waals surface area contributed by atoms with Crippen LogP contribution in [-0.4, -0.2) is 81.8 Å². The zero-order valence-corrected chi connectivity index (χ0v) is 12.6. The Morgan fingerprint density at radius 3 is 2.89 bits per heavy atom. The van der Waals surface area contributed by atoms with Gasteiger partial charge in [0.1, 0.15) is 0 Å². The summed E-state index contributed by atoms with van der Waals surface area (Å²) >= 11 is 0. The Labute approximate surface area is 117 Å². The molecule has 1 fully saturated rings. The molecule has 1 saturated heterocycles. The van der Waals surface area contributed by atoms with Crippen molar-refractivity contribution in [2.24, 2.45) is 10.7 Å². The molecule has 19 heavy (non-hydrogen) atoms. The fraction of sp³-hybridized carbons (Fsp3) is 0.923. The van der Waals surface area contributed by atoms with Crippen molar-refractivity contribution in [2.75, 3.05) is 60.0 Å². The monoisotopic (exact) mass is 271 g/mol. The van der Waals surface area contributed by atoms with Crippen molar-refractivity contribution in [1.29, 1.82) is 0 Å². The number of guanidine groups is 1. The molecule has 1 unspecified atom stereocenters. The van der Waals surface area contributed by atoms with Gasteiger partial charge in [0.15, 0.2) is 5.96 Å². The molecule has 0 bridgehead atoms. The summed E-state index contributed by atoms with van der Waals surface area (Å²) in [6.07, 6.45) is 1.23. The van der Waals surface area contributed by atoms with Gasteiger partial charge in [0.2, 0.25) is 0 Å². The van der Waals surface area contributed by atoms with E-state index in [1.54, 1.807) is 7.11 Å². The van der Waals surface area contributed by atoms with E-state index in [1.165, 1.54) is 13.0 Å². The van der Waals surface area contributed by atoms with Crippen molar-refractivity contribution in [3.63, 3.8) is 0 Å². The van der Waals surface area contributed by atoms with E-state index in [0.717, 1.165) is 32.7 Å². The van der Waals surface area contributed by atoms with Crippen LogP contribution in [0.3, 0.4) is 0 Å². The van der Waals surface area contributed by atoms with Gasteiger partial charge >= 0.3 is 0 Å². The highest BCUT2D eigenvalue weighted by atomic mass is 16.5. The Bertz CT molecular complexity index is 272. The van der Waals surface area contributed by atoms with Gasteiger partial charge < -0.3 is 25.6 Å². The van der Waals surface area contributed by atoms with Crippen LogP contribution in [0.25, 0.3) is 0 Å². The van der Waals surface area contributed by atoms with E-state index in [2.05, 4.69) is 27.2 Å². The van der Waals surface area contributed by atoms with Crippen LogP contribution in [0.1, 0.15) is 13.3 Å². The highest BCUT2D eigenvalue weighted by Gasteiger charge is 2.11. The molecule has 112 valence electrons. The molecule has 1 atom stereocenters. The Kier molecular flexibility index (Phi) is 7.78. The Morgan fingerprint density at radius 2 is 2.16 bits per heavy atom. The molecule has 6 nitrogen and oxygen atoms in total. The first-order valence-corrected chi connectivity index (χ1v) is 7.08. The lowest BCUT2D eigenvalue weighted by Gasteiger charge is -2.19. The molecule has 1 aliphatic heterocycles. The van der Waals surface area contributed by atoms with Crippen molar-refractivity contribution in [1.82, 2.24) is 15.1 Å². The number of nitrogens with one attached hydrogen (secondary N) is 1. The number of nitrogens with two attached hydrogens (primary N) is 1. The van der Waals surface area contributed by atoms with E-state index in [9.17, 15) is 0 Å². The molecule has 1 aliphatic rings. The quantitative estimate of drug-likeness (QED) is 0.507. The molecule has 0 radical (unpaired) electrons. The van der Waals surface area contributed by atoms with Crippen molar-refractivity contribution < 1.29 is 4.74 Å². The summed E-state index contributed by atoms with van der Waals surface area (Å²) in [6, 6.07) is 0.195. The fourth-order valence-corrected chi connectivity index (χ4v) is 2.23. The minimum atomic E-state index is 0.195. The van der Waals surface area contributed by atoms with Crippen molar-refractivity contribution in [2.45, 2.75) is 19.4 Å². The van der Waals surface area contributed by atoms with Crippen LogP contribution in [-0.2, 0) is 4.74 Å². The Hall–Kier alpha value is -0.850. The van der Waals surface area contributed by atoms with Crippen LogP contribution in [0.15, 0.2) is 4.99 Å². The Morgan fingerprint density at radius 1 is 1.37 bits per heavy atom. The van der Waals surface area contributed by atoms with Gasteiger partial charge in [0.05, 0.1) is 13.2 Å². The third kappa shape index (κ3) is 7.34. The lowest BCUT2D eigenvalue weighted by Crippen LogP contribution is -2.41. The van der Waals surface area contributed by atoms with Crippen LogP contribution < -0.4 is 11.1 Å². The predicted molar refractivity (Wildman–Crippen MR) is 79.5 cm³/mol. The first-order chi connectivity index (χ1) is 9.11. The molecule has 6 heteroatoms. The number of aliphatic imine (C=N–C) groups is 1. The Balaban J connectivity index is 2.20. The molecule has 0 saturated carbocycles. The van der Waals surface area contributed by atoms with Gasteiger partial charge in [-0.05, 0) is 33.5 Å². The molecule has 0 aromatic heterocycles. The summed E-state index contributed by atoms with van der Waals surface area (Å²) in [6.45, 7) is 9.01. The largest absolute Gasteiger partial charge is 0.383 e. The van der Waals surface area contributed by atoms with Crippen molar-refractivity contribution >= 4 is 5.96 Å². The van der Waals surface area contributed by atoms with Crippen LogP contribution in [0, 0.1) is 0 Å². The smallest absolute Gasteiger partial charge is 0.188 e. The molecule has 0 spiro atoms. The third-order valence-corrected chi connectivity index (χ3v) is 3.32. The molecule has 0 amide bonds. The summed E-state index contributed by atoms with van der Waals surface area (Å²) in [5.74, 6) is 0.511. The maximum absolute atomic E-state index is 5.83. The van der Waals surface area contributed by atoms with E-state index in [0.29, 0.717) is 12.6 Å². The topological polar surface area (TPSA) is 66.1 Å². The number of rotatable bonds is 6. The molecule has 3 N–H and O–H groups in total. The number of methoxy groups -OCH3 is 1. The molecule has 1 heterocycles. The number of ether oxygens (including phenoxy) is 1. The summed E-state index contributed by atoms with van der Waals surface area (Å²) < 4.78 is 5.04. The van der Waals surface area contributed by atoms with Gasteiger partial charge in [-0.15, -0.1) is 0 Å². The molecular weight excluding hydrogens is 242 g/mol. The highest BCUT2D eigenvalue weighted by molar-refractivity contribution is 5.78. The number of likely N-dealkylation sites (N-methyl/N-ethyl adjacent to an activating group) is 1. The lowest BCUT2D eigenvalue weighted by molar-refractivity contribution is 0.179. The second kappa shape index (κ2) is 9.12. The van der Waals surface area contributed by atoms with Crippen LogP contribution in [0.4, 0.5) is 0 Å². The standard InChI is InChI=1S/C13H29N5O/c1-12(11-19-3)16-13(14)15-5-8-18-7-4-6-17(2)9-10-18/h12H,4-11H2,1-3H3,(H3,14,15,16). The maximum atomic E-state index is 5.83. The van der Waals surface area contributed by atoms with E-state index in [-0.39, 0.29) is 6.04 Å². The van der Waals surface area contributed by atoms with Crippen LogP contribution in [0.2, 0.25) is 0 Å². The van der Waals surface area contributed by atoms with E-state index < -0.39 is 0 Å². The second-order valence-corrected chi connectivity index (χ2v) is 5.27. The fourth-order valence-electron chi connectivity index (χ4n) is 2.23. The van der Waals surface area contributed by atoms with Gasteiger partial charge in [0.25, 0.3) is 0 Å². The minimum Gasteiger partial charge on any atom is -0.383 e. The zero-order valence-electron chi connectivity index (χ0n) is 12.6. The second-order valence-electron chi connectivity index (χ2n) is 5.27. The normalized spacial score (nSPS) is 21.1. The summed E-state index contributed by atoms with van der Waals surface area (Å²) in [5.41, 5.74) is 5.83. The molecule has 0 aromatic carbocycles. The minimum absolute atomic E-state index is 0.195. The van der Waals surface area contributed by atoms with Gasteiger partial charge in [-0.1, -0.05) is 0 Å². The SMILES string of the molecule is COCC(C)NC(N)=NCCN1CCCN(C)CC1. The third-order valence-electron chi connectivity index (χ3n) is 3.32. The highest BCUT2D eigenvalue weighted by Crippen LogP contribution is 2.00. The van der Waals surface area contributed by atoms with E-state index >= 15 is 0 Å². The van der Waals surface area contributed by atoms with Crippen molar-refractivity contribution in [3.8, 4) is 0 Å². The van der Waals surface area contributed by atoms with E-state index in [4.69, 9.17) is 10.5 Å². The average Bonchev–Trinajstić information content (AvgIpc) is 2.54. The summed E-state index contributed by atoms with van der Waals surface area (Å²) in [4.78, 5) is 9.20. The molecule has 0 aliphatic carbocycles. The predicted octanol–water partition coefficient (Wildman–Crippen LogP) is -0.437. The van der Waals surface area contributed by atoms with Crippen LogP contribution in [0.5, 0.6) is 0 Å². The van der Waals surface area contributed by atoms with Gasteiger partial charge in [-0.25, -0.2) is 0 Å². The lowest BCUT2D eigenvalue weighted by atomic mass is 10.4. The average molecular weight is 271 g/mol. The number of nitrogens with zero attached hydrogens (tertiary/aromatic N) is 3. The van der Waals surface area contributed by atoms with Crippen molar-refractivity contribution in [3.05, 3.63) is 0 Å². The first kappa shape index (κ1) is 16.2. The summed E-state index contributed by atoms with van der Waals surface area (Å²) in [7, 11) is 3.86. The molecule has 0 aromatic rings. The van der Waals surface area contributed by atoms with E-state index in [1.807, 2.05) is 6.92 Å². The van der Waals surface area contributed by atoms with Gasteiger partial charge in [-0.2, -0.15) is 0 Å². The number of hydrogen-bond donors (Lipinski definition) is 2. The first-order valence-electron chi connectivity index (χ1n) is 7.08. The summed E-state index contributed by atoms with van der Waals surface area (Å²) in [5, 5.41) is 3.11. The maximum Gasteiger partial charge on any atom is 0.188 e. The van der Waals surface area contributed by atoms with Gasteiger partial charge in [-0.3, -0.25) is 4.99 Å². The van der Waals surface area contributed by atoms with Gasteiger partial charge in [0, 0.05) is 32.8 Å². The number of hydrogen-bond acceptors (Lipinski definition) is 4.